The van der Waals surface area contributed by atoms with E-state index in [4.69, 9.17) is 0 Å². The summed E-state index contributed by atoms with van der Waals surface area (Å²) in [7, 11) is 0. The van der Waals surface area contributed by atoms with Crippen LogP contribution in [0.3, 0.4) is 0 Å². The fourth-order valence-electron chi connectivity index (χ4n) is 2.76. The average molecular weight is 362 g/mol. The zero-order valence-electron chi connectivity index (χ0n) is 14.8. The topological polar surface area (TPSA) is 61.7 Å². The second-order valence-electron chi connectivity index (χ2n) is 6.09. The van der Waals surface area contributed by atoms with E-state index in [2.05, 4.69) is 10.5 Å². The SMILES string of the molecule is CC(=NNC(=O)C(O)(c1ccccc1)c1ccccc1)c1ccc(F)cc1. The summed E-state index contributed by atoms with van der Waals surface area (Å²) in [5.41, 5.74) is 2.57. The molecule has 4 nitrogen and oxygen atoms in total. The molecule has 0 bridgehead atoms. The molecule has 0 aliphatic heterocycles. The van der Waals surface area contributed by atoms with Gasteiger partial charge in [-0.05, 0) is 35.7 Å². The lowest BCUT2D eigenvalue weighted by Crippen LogP contribution is -2.43. The van der Waals surface area contributed by atoms with Crippen LogP contribution in [-0.4, -0.2) is 16.7 Å². The van der Waals surface area contributed by atoms with Crippen LogP contribution in [0.15, 0.2) is 90.0 Å². The first-order chi connectivity index (χ1) is 13.0. The number of carbonyl (C=O) groups excluding carboxylic acids is 1. The van der Waals surface area contributed by atoms with E-state index in [1.807, 2.05) is 12.1 Å². The summed E-state index contributed by atoms with van der Waals surface area (Å²) in [5.74, 6) is -1.03. The first-order valence-electron chi connectivity index (χ1n) is 8.46. The Morgan fingerprint density at radius 3 is 1.85 bits per heavy atom. The molecule has 0 aliphatic carbocycles. The van der Waals surface area contributed by atoms with E-state index in [0.717, 1.165) is 0 Å². The molecule has 0 saturated heterocycles. The largest absolute Gasteiger partial charge is 0.372 e. The monoisotopic (exact) mass is 362 g/mol. The average Bonchev–Trinajstić information content (AvgIpc) is 2.73. The Balaban J connectivity index is 1.92. The van der Waals surface area contributed by atoms with Crippen LogP contribution in [0.2, 0.25) is 0 Å². The zero-order valence-corrected chi connectivity index (χ0v) is 14.8. The second kappa shape index (κ2) is 7.93. The van der Waals surface area contributed by atoms with Crippen molar-refractivity contribution in [2.75, 3.05) is 0 Å². The van der Waals surface area contributed by atoms with Crippen molar-refractivity contribution in [2.45, 2.75) is 12.5 Å². The third-order valence-corrected chi connectivity index (χ3v) is 4.30. The second-order valence-corrected chi connectivity index (χ2v) is 6.09. The number of amides is 1. The Morgan fingerprint density at radius 1 is 0.889 bits per heavy atom. The van der Waals surface area contributed by atoms with Crippen LogP contribution in [0.1, 0.15) is 23.6 Å². The molecule has 1 amide bonds. The summed E-state index contributed by atoms with van der Waals surface area (Å²) >= 11 is 0. The highest BCUT2D eigenvalue weighted by molar-refractivity contribution is 6.00. The first-order valence-corrected chi connectivity index (χ1v) is 8.46. The van der Waals surface area contributed by atoms with Gasteiger partial charge in [-0.3, -0.25) is 4.79 Å². The van der Waals surface area contributed by atoms with Crippen LogP contribution in [-0.2, 0) is 10.4 Å². The maximum atomic E-state index is 13.1. The van der Waals surface area contributed by atoms with Gasteiger partial charge in [-0.1, -0.05) is 72.8 Å². The van der Waals surface area contributed by atoms with Gasteiger partial charge in [0.05, 0.1) is 5.71 Å². The Bertz CT molecular complexity index is 900. The van der Waals surface area contributed by atoms with E-state index in [-0.39, 0.29) is 5.82 Å². The quantitative estimate of drug-likeness (QED) is 0.538. The lowest BCUT2D eigenvalue weighted by atomic mass is 9.85. The number of nitrogens with one attached hydrogen (secondary N) is 1. The van der Waals surface area contributed by atoms with Crippen molar-refractivity contribution in [2.24, 2.45) is 5.10 Å². The third-order valence-electron chi connectivity index (χ3n) is 4.30. The number of benzene rings is 3. The Labute approximate surface area is 157 Å². The van der Waals surface area contributed by atoms with Gasteiger partial charge in [0.1, 0.15) is 5.82 Å². The van der Waals surface area contributed by atoms with Gasteiger partial charge in [-0.25, -0.2) is 9.82 Å². The molecule has 2 N–H and O–H groups in total. The van der Waals surface area contributed by atoms with Crippen LogP contribution in [0, 0.1) is 5.82 Å². The van der Waals surface area contributed by atoms with Gasteiger partial charge < -0.3 is 5.11 Å². The Morgan fingerprint density at radius 2 is 1.37 bits per heavy atom. The first kappa shape index (κ1) is 18.5. The Hall–Kier alpha value is -3.31. The van der Waals surface area contributed by atoms with Gasteiger partial charge in [0.25, 0.3) is 5.91 Å². The van der Waals surface area contributed by atoms with Gasteiger partial charge in [0.2, 0.25) is 0 Å². The molecule has 3 rings (SSSR count). The summed E-state index contributed by atoms with van der Waals surface area (Å²) in [6.07, 6.45) is 0. The molecule has 0 aromatic heterocycles. The lowest BCUT2D eigenvalue weighted by molar-refractivity contribution is -0.136. The van der Waals surface area contributed by atoms with E-state index >= 15 is 0 Å². The van der Waals surface area contributed by atoms with Crippen molar-refractivity contribution < 1.29 is 14.3 Å². The summed E-state index contributed by atoms with van der Waals surface area (Å²) < 4.78 is 13.1. The van der Waals surface area contributed by atoms with Crippen LogP contribution < -0.4 is 5.43 Å². The number of aliphatic hydroxyl groups is 1. The maximum absolute atomic E-state index is 13.1. The van der Waals surface area contributed by atoms with Crippen molar-refractivity contribution in [1.82, 2.24) is 5.43 Å². The minimum absolute atomic E-state index is 0.349. The van der Waals surface area contributed by atoms with Crippen LogP contribution in [0.25, 0.3) is 0 Å². The number of hydrogen-bond donors (Lipinski definition) is 2. The number of hydrogen-bond acceptors (Lipinski definition) is 3. The summed E-state index contributed by atoms with van der Waals surface area (Å²) in [6.45, 7) is 1.69. The number of carbonyl (C=O) groups is 1. The third kappa shape index (κ3) is 3.93. The molecule has 0 saturated carbocycles. The predicted molar refractivity (Wildman–Crippen MR) is 103 cm³/mol. The van der Waals surface area contributed by atoms with Gasteiger partial charge in [0, 0.05) is 0 Å². The fraction of sp³-hybridized carbons (Fsp3) is 0.0909. The van der Waals surface area contributed by atoms with Crippen molar-refractivity contribution in [3.8, 4) is 0 Å². The molecule has 3 aromatic carbocycles. The van der Waals surface area contributed by atoms with Crippen LogP contribution in [0.5, 0.6) is 0 Å². The Kier molecular flexibility index (Phi) is 5.43. The molecule has 5 heteroatoms. The van der Waals surface area contributed by atoms with Gasteiger partial charge >= 0.3 is 0 Å². The van der Waals surface area contributed by atoms with Gasteiger partial charge in [0.15, 0.2) is 5.60 Å². The highest BCUT2D eigenvalue weighted by Crippen LogP contribution is 2.29. The molecule has 0 spiro atoms. The molecular formula is C22H19FN2O2. The van der Waals surface area contributed by atoms with Crippen molar-refractivity contribution in [1.29, 1.82) is 0 Å². The zero-order chi connectivity index (χ0) is 19.3. The van der Waals surface area contributed by atoms with Crippen LogP contribution >= 0.6 is 0 Å². The molecule has 0 fully saturated rings. The molecule has 0 unspecified atom stereocenters. The molecule has 0 aliphatic rings. The van der Waals surface area contributed by atoms with Crippen molar-refractivity contribution >= 4 is 11.6 Å². The summed E-state index contributed by atoms with van der Waals surface area (Å²) in [4.78, 5) is 12.9. The minimum atomic E-state index is -1.89. The molecule has 0 radical (unpaired) electrons. The smallest absolute Gasteiger partial charge is 0.281 e. The van der Waals surface area contributed by atoms with E-state index in [9.17, 15) is 14.3 Å². The van der Waals surface area contributed by atoms with E-state index in [0.29, 0.717) is 22.4 Å². The van der Waals surface area contributed by atoms with Crippen molar-refractivity contribution in [3.05, 3.63) is 107 Å². The van der Waals surface area contributed by atoms with E-state index in [1.54, 1.807) is 67.6 Å². The standard InChI is InChI=1S/C22H19FN2O2/c1-16(17-12-14-20(23)15-13-17)24-25-21(26)22(27,18-8-4-2-5-9-18)19-10-6-3-7-11-19/h2-15,27H,1H3,(H,25,26). The molecule has 3 aromatic rings. The normalized spacial score (nSPS) is 11.9. The minimum Gasteiger partial charge on any atom is -0.372 e. The number of hydrazone groups is 1. The number of rotatable bonds is 5. The van der Waals surface area contributed by atoms with Gasteiger partial charge in [-0.15, -0.1) is 0 Å². The summed E-state index contributed by atoms with van der Waals surface area (Å²) in [5, 5.41) is 15.4. The van der Waals surface area contributed by atoms with Crippen molar-refractivity contribution in [3.63, 3.8) is 0 Å². The fourth-order valence-corrected chi connectivity index (χ4v) is 2.76. The molecule has 0 atom stereocenters. The predicted octanol–water partition coefficient (Wildman–Crippen LogP) is 3.60. The molecular weight excluding hydrogens is 343 g/mol. The molecule has 0 heterocycles. The lowest BCUT2D eigenvalue weighted by Gasteiger charge is -2.27. The van der Waals surface area contributed by atoms with Gasteiger partial charge in [-0.2, -0.15) is 5.10 Å². The summed E-state index contributed by atoms with van der Waals surface area (Å²) in [6, 6.07) is 23.1. The molecule has 136 valence electrons. The number of nitrogens with zero attached hydrogens (tertiary/aromatic N) is 1. The highest BCUT2D eigenvalue weighted by Gasteiger charge is 2.39. The van der Waals surface area contributed by atoms with Crippen LogP contribution in [0.4, 0.5) is 4.39 Å². The molecule has 27 heavy (non-hydrogen) atoms. The van der Waals surface area contributed by atoms with E-state index in [1.165, 1.54) is 12.1 Å². The maximum Gasteiger partial charge on any atom is 0.281 e. The highest BCUT2D eigenvalue weighted by atomic mass is 19.1. The number of halogens is 1. The van der Waals surface area contributed by atoms with E-state index < -0.39 is 11.5 Å².